The molecule has 0 aliphatic carbocycles. The van der Waals surface area contributed by atoms with Crippen LogP contribution in [0.3, 0.4) is 0 Å². The Bertz CT molecular complexity index is 766. The summed E-state index contributed by atoms with van der Waals surface area (Å²) in [6, 6.07) is 3.72. The zero-order valence-corrected chi connectivity index (χ0v) is 15.7. The molecular formula is C18H25N5O2S. The van der Waals surface area contributed by atoms with Crippen LogP contribution in [0, 0.1) is 0 Å². The van der Waals surface area contributed by atoms with Crippen molar-refractivity contribution in [2.24, 2.45) is 0 Å². The topological polar surface area (TPSA) is 72.3 Å². The summed E-state index contributed by atoms with van der Waals surface area (Å²) in [7, 11) is 0. The Morgan fingerprint density at radius 1 is 1.35 bits per heavy atom. The number of anilines is 1. The molecule has 8 heteroatoms. The molecule has 0 aromatic carbocycles. The van der Waals surface area contributed by atoms with Crippen molar-refractivity contribution in [1.29, 1.82) is 0 Å². The molecule has 0 radical (unpaired) electrons. The van der Waals surface area contributed by atoms with E-state index in [0.717, 1.165) is 37.8 Å². The van der Waals surface area contributed by atoms with Gasteiger partial charge in [0.15, 0.2) is 5.13 Å². The zero-order chi connectivity index (χ0) is 17.8. The first kappa shape index (κ1) is 17.6. The van der Waals surface area contributed by atoms with Gasteiger partial charge in [-0.05, 0) is 25.5 Å². The third kappa shape index (κ3) is 4.13. The molecule has 1 atom stereocenters. The largest absolute Gasteiger partial charge is 0.375 e. The van der Waals surface area contributed by atoms with Gasteiger partial charge in [-0.2, -0.15) is 5.10 Å². The third-order valence-corrected chi connectivity index (χ3v) is 6.15. The van der Waals surface area contributed by atoms with E-state index in [2.05, 4.69) is 15.3 Å². The van der Waals surface area contributed by atoms with Crippen molar-refractivity contribution in [3.8, 4) is 0 Å². The number of piperidine rings is 1. The third-order valence-electron chi connectivity index (χ3n) is 5.12. The van der Waals surface area contributed by atoms with Gasteiger partial charge in [-0.3, -0.25) is 9.69 Å². The average molecular weight is 375 g/mol. The number of hydrogen-bond acceptors (Lipinski definition) is 7. The fourth-order valence-electron chi connectivity index (χ4n) is 3.67. The molecule has 0 saturated carbocycles. The molecule has 0 amide bonds. The van der Waals surface area contributed by atoms with E-state index in [-0.39, 0.29) is 5.56 Å². The van der Waals surface area contributed by atoms with E-state index in [4.69, 9.17) is 9.72 Å². The minimum atomic E-state index is -0.0326. The minimum Gasteiger partial charge on any atom is -0.375 e. The van der Waals surface area contributed by atoms with Gasteiger partial charge in [0.05, 0.1) is 30.3 Å². The minimum absolute atomic E-state index is 0.0326. The molecule has 4 heterocycles. The Kier molecular flexibility index (Phi) is 5.62. The maximum absolute atomic E-state index is 11.8. The second-order valence-electron chi connectivity index (χ2n) is 6.84. The van der Waals surface area contributed by atoms with Crippen molar-refractivity contribution in [3.05, 3.63) is 39.3 Å². The Morgan fingerprint density at radius 3 is 3.19 bits per heavy atom. The quantitative estimate of drug-likeness (QED) is 0.829. The van der Waals surface area contributed by atoms with Gasteiger partial charge in [0.2, 0.25) is 0 Å². The van der Waals surface area contributed by atoms with E-state index in [0.29, 0.717) is 19.2 Å². The Balaban J connectivity index is 1.34. The molecule has 0 bridgehead atoms. The number of ether oxygens (including phenoxy) is 1. The molecule has 140 valence electrons. The maximum atomic E-state index is 11.8. The molecule has 1 fully saturated rings. The highest BCUT2D eigenvalue weighted by molar-refractivity contribution is 7.15. The van der Waals surface area contributed by atoms with Crippen molar-refractivity contribution in [1.82, 2.24) is 19.7 Å². The molecule has 4 rings (SSSR count). The van der Waals surface area contributed by atoms with Crippen LogP contribution in [0.25, 0.3) is 0 Å². The summed E-state index contributed by atoms with van der Waals surface area (Å²) in [4.78, 5) is 20.3. The Labute approximate surface area is 157 Å². The van der Waals surface area contributed by atoms with E-state index in [1.807, 2.05) is 0 Å². The van der Waals surface area contributed by atoms with E-state index in [1.54, 1.807) is 34.3 Å². The first-order chi connectivity index (χ1) is 12.8. The van der Waals surface area contributed by atoms with Crippen molar-refractivity contribution in [3.63, 3.8) is 0 Å². The lowest BCUT2D eigenvalue weighted by Gasteiger charge is -2.35. The molecule has 1 unspecified atom stereocenters. The van der Waals surface area contributed by atoms with Gasteiger partial charge in [-0.15, -0.1) is 0 Å². The second kappa shape index (κ2) is 8.28. The second-order valence-corrected chi connectivity index (χ2v) is 7.93. The van der Waals surface area contributed by atoms with Crippen LogP contribution in [0.15, 0.2) is 23.1 Å². The molecular weight excluding hydrogens is 350 g/mol. The van der Waals surface area contributed by atoms with Gasteiger partial charge in [-0.1, -0.05) is 17.8 Å². The van der Waals surface area contributed by atoms with Crippen molar-refractivity contribution in [2.75, 3.05) is 31.6 Å². The van der Waals surface area contributed by atoms with Crippen LogP contribution in [0.2, 0.25) is 0 Å². The first-order valence-electron chi connectivity index (χ1n) is 9.36. The SMILES string of the molecule is O=c1cccnn1CCN1CCCCC1CNc1nc2c(s1)COCC2. The lowest BCUT2D eigenvalue weighted by atomic mass is 10.0. The monoisotopic (exact) mass is 375 g/mol. The standard InChI is InChI=1S/C18H25N5O2S/c24-17-5-3-7-20-23(17)10-9-22-8-2-1-4-14(22)12-19-18-21-15-6-11-25-13-16(15)26-18/h3,5,7,14H,1-2,4,6,8-13H2,(H,19,21). The fraction of sp³-hybridized carbons (Fsp3) is 0.611. The van der Waals surface area contributed by atoms with E-state index < -0.39 is 0 Å². The summed E-state index contributed by atoms with van der Waals surface area (Å²) in [5, 5.41) is 8.70. The molecule has 1 N–H and O–H groups in total. The average Bonchev–Trinajstić information content (AvgIpc) is 3.09. The molecule has 2 aromatic heterocycles. The fourth-order valence-corrected chi connectivity index (χ4v) is 4.62. The first-order valence-corrected chi connectivity index (χ1v) is 10.2. The molecule has 2 aromatic rings. The summed E-state index contributed by atoms with van der Waals surface area (Å²) in [6.45, 7) is 4.94. The van der Waals surface area contributed by atoms with Gasteiger partial charge in [-0.25, -0.2) is 9.67 Å². The number of thiazole rings is 1. The molecule has 2 aliphatic heterocycles. The predicted molar refractivity (Wildman–Crippen MR) is 102 cm³/mol. The lowest BCUT2D eigenvalue weighted by Crippen LogP contribution is -2.45. The summed E-state index contributed by atoms with van der Waals surface area (Å²) in [5.41, 5.74) is 1.16. The Morgan fingerprint density at radius 2 is 2.31 bits per heavy atom. The summed E-state index contributed by atoms with van der Waals surface area (Å²) in [5.74, 6) is 0. The summed E-state index contributed by atoms with van der Waals surface area (Å²) >= 11 is 1.72. The molecule has 0 spiro atoms. The van der Waals surface area contributed by atoms with Crippen LogP contribution in [0.4, 0.5) is 5.13 Å². The highest BCUT2D eigenvalue weighted by Crippen LogP contribution is 2.27. The van der Waals surface area contributed by atoms with Crippen LogP contribution in [0.1, 0.15) is 29.8 Å². The van der Waals surface area contributed by atoms with Crippen LogP contribution in [-0.2, 0) is 24.3 Å². The molecule has 7 nitrogen and oxygen atoms in total. The van der Waals surface area contributed by atoms with Crippen molar-refractivity contribution in [2.45, 2.75) is 44.9 Å². The zero-order valence-electron chi connectivity index (χ0n) is 14.9. The number of aromatic nitrogens is 3. The highest BCUT2D eigenvalue weighted by Gasteiger charge is 2.23. The van der Waals surface area contributed by atoms with E-state index in [9.17, 15) is 4.79 Å². The van der Waals surface area contributed by atoms with Crippen molar-refractivity contribution >= 4 is 16.5 Å². The number of likely N-dealkylation sites (tertiary alicyclic amines) is 1. The number of hydrogen-bond donors (Lipinski definition) is 1. The number of rotatable bonds is 6. The Hall–Kier alpha value is -1.77. The van der Waals surface area contributed by atoms with Gasteiger partial charge >= 0.3 is 0 Å². The van der Waals surface area contributed by atoms with Gasteiger partial charge < -0.3 is 10.1 Å². The molecule has 1 saturated heterocycles. The van der Waals surface area contributed by atoms with Gasteiger partial charge in [0.1, 0.15) is 0 Å². The summed E-state index contributed by atoms with van der Waals surface area (Å²) in [6.07, 6.45) is 6.25. The number of nitrogens with one attached hydrogen (secondary N) is 1. The van der Waals surface area contributed by atoms with Gasteiger partial charge in [0.25, 0.3) is 5.56 Å². The van der Waals surface area contributed by atoms with Gasteiger partial charge in [0, 0.05) is 37.8 Å². The van der Waals surface area contributed by atoms with Crippen molar-refractivity contribution < 1.29 is 4.74 Å². The number of nitrogens with zero attached hydrogens (tertiary/aromatic N) is 4. The molecule has 2 aliphatic rings. The maximum Gasteiger partial charge on any atom is 0.266 e. The van der Waals surface area contributed by atoms with Crippen LogP contribution >= 0.6 is 11.3 Å². The van der Waals surface area contributed by atoms with Crippen LogP contribution in [0.5, 0.6) is 0 Å². The summed E-state index contributed by atoms with van der Waals surface area (Å²) < 4.78 is 7.05. The highest BCUT2D eigenvalue weighted by atomic mass is 32.1. The van der Waals surface area contributed by atoms with Crippen LogP contribution < -0.4 is 10.9 Å². The normalized spacial score (nSPS) is 20.7. The smallest absolute Gasteiger partial charge is 0.266 e. The molecule has 26 heavy (non-hydrogen) atoms. The predicted octanol–water partition coefficient (Wildman–Crippen LogP) is 1.74. The lowest BCUT2D eigenvalue weighted by molar-refractivity contribution is 0.112. The van der Waals surface area contributed by atoms with E-state index in [1.165, 1.54) is 29.8 Å². The van der Waals surface area contributed by atoms with Crippen LogP contribution in [-0.4, -0.2) is 51.9 Å². The number of fused-ring (bicyclic) bond motifs is 1. The van der Waals surface area contributed by atoms with E-state index >= 15 is 0 Å².